The van der Waals surface area contributed by atoms with Gasteiger partial charge in [-0.15, -0.1) is 0 Å². The number of carbonyl (C=O) groups excluding carboxylic acids is 1. The highest BCUT2D eigenvalue weighted by Gasteiger charge is 2.13. The molecule has 19 heavy (non-hydrogen) atoms. The maximum absolute atomic E-state index is 11.7. The minimum Gasteiger partial charge on any atom is -0.478 e. The summed E-state index contributed by atoms with van der Waals surface area (Å²) in [7, 11) is 1.59. The van der Waals surface area contributed by atoms with Gasteiger partial charge in [0, 0.05) is 13.5 Å². The van der Waals surface area contributed by atoms with Crippen LogP contribution >= 0.6 is 0 Å². The van der Waals surface area contributed by atoms with Crippen LogP contribution in [0.2, 0.25) is 0 Å². The van der Waals surface area contributed by atoms with Gasteiger partial charge in [-0.05, 0) is 32.4 Å². The number of benzene rings is 1. The van der Waals surface area contributed by atoms with Crippen LogP contribution in [0, 0.1) is 6.92 Å². The molecule has 5 heteroatoms. The Hall–Kier alpha value is -1.88. The highest BCUT2D eigenvalue weighted by Crippen LogP contribution is 2.18. The zero-order valence-corrected chi connectivity index (χ0v) is 11.4. The topological polar surface area (TPSA) is 75.6 Å². The summed E-state index contributed by atoms with van der Waals surface area (Å²) in [5, 5.41) is 11.7. The van der Waals surface area contributed by atoms with Crippen molar-refractivity contribution < 1.29 is 19.4 Å². The largest absolute Gasteiger partial charge is 0.478 e. The highest BCUT2D eigenvalue weighted by molar-refractivity contribution is 6.00. The van der Waals surface area contributed by atoms with E-state index in [0.717, 1.165) is 5.56 Å². The molecule has 0 aliphatic heterocycles. The van der Waals surface area contributed by atoms with E-state index in [9.17, 15) is 9.59 Å². The minimum absolute atomic E-state index is 0.00251. The average molecular weight is 265 g/mol. The SMILES string of the molecule is COC(C)CCC(=O)Nc1ccc(C)cc1C(=O)O. The van der Waals surface area contributed by atoms with E-state index in [2.05, 4.69) is 5.32 Å². The van der Waals surface area contributed by atoms with Crippen LogP contribution in [0.15, 0.2) is 18.2 Å². The maximum Gasteiger partial charge on any atom is 0.337 e. The standard InChI is InChI=1S/C14H19NO4/c1-9-4-6-12(11(8-9)14(17)18)15-13(16)7-5-10(2)19-3/h4,6,8,10H,5,7H2,1-3H3,(H,15,16)(H,17,18). The summed E-state index contributed by atoms with van der Waals surface area (Å²) in [6.45, 7) is 3.68. The van der Waals surface area contributed by atoms with Crippen molar-refractivity contribution in [1.29, 1.82) is 0 Å². The van der Waals surface area contributed by atoms with Crippen molar-refractivity contribution in [3.63, 3.8) is 0 Å². The Kier molecular flexibility index (Phi) is 5.51. The van der Waals surface area contributed by atoms with Crippen LogP contribution in [0.3, 0.4) is 0 Å². The van der Waals surface area contributed by atoms with Crippen LogP contribution in [0.25, 0.3) is 0 Å². The Bertz CT molecular complexity index is 471. The monoisotopic (exact) mass is 265 g/mol. The first-order valence-corrected chi connectivity index (χ1v) is 6.10. The highest BCUT2D eigenvalue weighted by atomic mass is 16.5. The van der Waals surface area contributed by atoms with Crippen LogP contribution in [-0.4, -0.2) is 30.2 Å². The number of rotatable bonds is 6. The van der Waals surface area contributed by atoms with E-state index in [-0.39, 0.29) is 17.6 Å². The Morgan fingerprint density at radius 2 is 2.11 bits per heavy atom. The molecule has 1 rings (SSSR count). The van der Waals surface area contributed by atoms with Crippen LogP contribution in [0.4, 0.5) is 5.69 Å². The number of anilines is 1. The summed E-state index contributed by atoms with van der Waals surface area (Å²) in [4.78, 5) is 22.8. The van der Waals surface area contributed by atoms with E-state index in [0.29, 0.717) is 18.5 Å². The first kappa shape index (κ1) is 15.2. The van der Waals surface area contributed by atoms with Gasteiger partial charge in [-0.1, -0.05) is 11.6 Å². The number of hydrogen-bond acceptors (Lipinski definition) is 3. The fourth-order valence-electron chi connectivity index (χ4n) is 1.61. The third kappa shape index (κ3) is 4.71. The van der Waals surface area contributed by atoms with E-state index < -0.39 is 5.97 Å². The molecule has 1 unspecified atom stereocenters. The normalized spacial score (nSPS) is 11.9. The van der Waals surface area contributed by atoms with Crippen molar-refractivity contribution in [1.82, 2.24) is 0 Å². The van der Waals surface area contributed by atoms with Gasteiger partial charge in [0.25, 0.3) is 0 Å². The van der Waals surface area contributed by atoms with Crippen molar-refractivity contribution in [2.75, 3.05) is 12.4 Å². The lowest BCUT2D eigenvalue weighted by Crippen LogP contribution is -2.17. The van der Waals surface area contributed by atoms with Gasteiger partial charge in [0.15, 0.2) is 0 Å². The van der Waals surface area contributed by atoms with Crippen LogP contribution in [0.1, 0.15) is 35.7 Å². The fourth-order valence-corrected chi connectivity index (χ4v) is 1.61. The minimum atomic E-state index is -1.05. The van der Waals surface area contributed by atoms with Gasteiger partial charge in [0.2, 0.25) is 5.91 Å². The van der Waals surface area contributed by atoms with Crippen LogP contribution < -0.4 is 5.32 Å². The number of nitrogens with one attached hydrogen (secondary N) is 1. The summed E-state index contributed by atoms with van der Waals surface area (Å²) >= 11 is 0. The van der Waals surface area contributed by atoms with E-state index in [1.165, 1.54) is 6.07 Å². The number of methoxy groups -OCH3 is 1. The molecule has 0 spiro atoms. The number of hydrogen-bond donors (Lipinski definition) is 2. The molecular weight excluding hydrogens is 246 g/mol. The quantitative estimate of drug-likeness (QED) is 0.828. The van der Waals surface area contributed by atoms with Crippen molar-refractivity contribution in [3.8, 4) is 0 Å². The van der Waals surface area contributed by atoms with Crippen molar-refractivity contribution >= 4 is 17.6 Å². The second-order valence-corrected chi connectivity index (χ2v) is 4.49. The molecule has 0 fully saturated rings. The van der Waals surface area contributed by atoms with Gasteiger partial charge in [-0.25, -0.2) is 4.79 Å². The second kappa shape index (κ2) is 6.89. The number of carboxylic acid groups (broad SMARTS) is 1. The smallest absolute Gasteiger partial charge is 0.337 e. The predicted octanol–water partition coefficient (Wildman–Crippen LogP) is 2.45. The predicted molar refractivity (Wildman–Crippen MR) is 72.5 cm³/mol. The molecule has 2 N–H and O–H groups in total. The Morgan fingerprint density at radius 3 is 2.68 bits per heavy atom. The molecule has 0 saturated carbocycles. The molecule has 0 aliphatic rings. The molecule has 1 aromatic carbocycles. The molecule has 1 amide bonds. The number of carboxylic acids is 1. The van der Waals surface area contributed by atoms with Crippen molar-refractivity contribution in [3.05, 3.63) is 29.3 Å². The number of aromatic carboxylic acids is 1. The molecule has 104 valence electrons. The van der Waals surface area contributed by atoms with Gasteiger partial charge < -0.3 is 15.2 Å². The van der Waals surface area contributed by atoms with Gasteiger partial charge in [-0.3, -0.25) is 4.79 Å². The summed E-state index contributed by atoms with van der Waals surface area (Å²) in [6.07, 6.45) is 0.890. The van der Waals surface area contributed by atoms with Crippen molar-refractivity contribution in [2.24, 2.45) is 0 Å². The lowest BCUT2D eigenvalue weighted by molar-refractivity contribution is -0.116. The van der Waals surface area contributed by atoms with Crippen molar-refractivity contribution in [2.45, 2.75) is 32.8 Å². The molecule has 0 aliphatic carbocycles. The number of ether oxygens (including phenoxy) is 1. The zero-order valence-electron chi connectivity index (χ0n) is 11.4. The van der Waals surface area contributed by atoms with Crippen LogP contribution in [-0.2, 0) is 9.53 Å². The van der Waals surface area contributed by atoms with Gasteiger partial charge in [0.1, 0.15) is 0 Å². The molecular formula is C14H19NO4. The number of aryl methyl sites for hydroxylation is 1. The summed E-state index contributed by atoms with van der Waals surface area (Å²) in [6, 6.07) is 4.91. The molecule has 0 heterocycles. The molecule has 0 saturated heterocycles. The molecule has 0 aromatic heterocycles. The third-order valence-electron chi connectivity index (χ3n) is 2.86. The lowest BCUT2D eigenvalue weighted by Gasteiger charge is -2.11. The Morgan fingerprint density at radius 1 is 1.42 bits per heavy atom. The molecule has 5 nitrogen and oxygen atoms in total. The Labute approximate surface area is 112 Å². The van der Waals surface area contributed by atoms with Gasteiger partial charge in [0.05, 0.1) is 17.4 Å². The molecule has 0 radical (unpaired) electrons. The maximum atomic E-state index is 11.7. The number of amides is 1. The average Bonchev–Trinajstić information content (AvgIpc) is 2.37. The molecule has 1 aromatic rings. The molecule has 1 atom stereocenters. The van der Waals surface area contributed by atoms with Crippen LogP contribution in [0.5, 0.6) is 0 Å². The number of carbonyl (C=O) groups is 2. The van der Waals surface area contributed by atoms with E-state index in [1.807, 2.05) is 6.92 Å². The first-order valence-electron chi connectivity index (χ1n) is 6.10. The zero-order chi connectivity index (χ0) is 14.4. The summed E-state index contributed by atoms with van der Waals surface area (Å²) in [5.74, 6) is -1.26. The van der Waals surface area contributed by atoms with E-state index in [1.54, 1.807) is 26.2 Å². The van der Waals surface area contributed by atoms with E-state index >= 15 is 0 Å². The Balaban J connectivity index is 2.71. The third-order valence-corrected chi connectivity index (χ3v) is 2.86. The second-order valence-electron chi connectivity index (χ2n) is 4.49. The fraction of sp³-hybridized carbons (Fsp3) is 0.429. The first-order chi connectivity index (χ1) is 8.93. The lowest BCUT2D eigenvalue weighted by atomic mass is 10.1. The van der Waals surface area contributed by atoms with Gasteiger partial charge >= 0.3 is 5.97 Å². The summed E-state index contributed by atoms with van der Waals surface area (Å²) < 4.78 is 5.05. The van der Waals surface area contributed by atoms with E-state index in [4.69, 9.17) is 9.84 Å². The van der Waals surface area contributed by atoms with Gasteiger partial charge in [-0.2, -0.15) is 0 Å². The summed E-state index contributed by atoms with van der Waals surface area (Å²) in [5.41, 5.74) is 1.27. The molecule has 0 bridgehead atoms.